The molecule has 16 heavy (non-hydrogen) atoms. The molecule has 0 spiro atoms. The Labute approximate surface area is 96.8 Å². The fraction of sp³-hybridized carbons (Fsp3) is 0.214. The molecule has 0 saturated carbocycles. The molecule has 0 amide bonds. The Morgan fingerprint density at radius 1 is 0.812 bits per heavy atom. The Balaban J connectivity index is 2.45. The lowest BCUT2D eigenvalue weighted by Gasteiger charge is -2.22. The minimum absolute atomic E-state index is 0.737. The first-order chi connectivity index (χ1) is 7.57. The predicted octanol–water partition coefficient (Wildman–Crippen LogP) is 2.95. The van der Waals surface area contributed by atoms with Crippen LogP contribution in [-0.4, -0.2) is 26.1 Å². The van der Waals surface area contributed by atoms with Crippen LogP contribution in [0.4, 0.5) is 5.82 Å². The van der Waals surface area contributed by atoms with E-state index in [9.17, 15) is 0 Å². The second kappa shape index (κ2) is 4.06. The van der Waals surface area contributed by atoms with E-state index in [2.05, 4.69) is 56.5 Å². The van der Waals surface area contributed by atoms with Crippen LogP contribution in [0.3, 0.4) is 0 Å². The number of benzene rings is 1. The maximum Gasteiger partial charge on any atom is 0.227 e. The molecule has 82 valence electrons. The number of rotatable bonds is 2. The van der Waals surface area contributed by atoms with Crippen LogP contribution >= 0.6 is 0 Å². The molecule has 0 aliphatic rings. The van der Waals surface area contributed by atoms with Gasteiger partial charge in [-0.15, -0.1) is 0 Å². The number of aromatic nitrogens is 1. The Morgan fingerprint density at radius 3 is 2.12 bits per heavy atom. The maximum atomic E-state index is 4.69. The molecule has 2 rings (SSSR count). The molecule has 0 aliphatic carbocycles. The first kappa shape index (κ1) is 10.8. The second-order valence-electron chi connectivity index (χ2n) is 4.76. The topological polar surface area (TPSA) is 12.9 Å². The van der Waals surface area contributed by atoms with E-state index in [1.165, 1.54) is 0 Å². The van der Waals surface area contributed by atoms with Crippen LogP contribution in [0.15, 0.2) is 48.5 Å². The van der Waals surface area contributed by atoms with Crippen LogP contribution < -0.4 is 4.48 Å². The monoisotopic (exact) mass is 213 g/mol. The molecule has 0 fully saturated rings. The lowest BCUT2D eigenvalue weighted by Crippen LogP contribution is -2.35. The maximum absolute atomic E-state index is 4.69. The van der Waals surface area contributed by atoms with Crippen molar-refractivity contribution >= 4 is 5.82 Å². The van der Waals surface area contributed by atoms with Gasteiger partial charge in [0.1, 0.15) is 0 Å². The van der Waals surface area contributed by atoms with Gasteiger partial charge in [0.2, 0.25) is 5.82 Å². The Morgan fingerprint density at radius 2 is 1.50 bits per heavy atom. The number of nitrogens with zero attached hydrogens (tertiary/aromatic N) is 2. The average molecular weight is 213 g/mol. The van der Waals surface area contributed by atoms with E-state index >= 15 is 0 Å². The van der Waals surface area contributed by atoms with Crippen LogP contribution in [0.5, 0.6) is 0 Å². The molecule has 0 N–H and O–H groups in total. The van der Waals surface area contributed by atoms with Gasteiger partial charge < -0.3 is 0 Å². The summed E-state index contributed by atoms with van der Waals surface area (Å²) in [5, 5.41) is 0. The van der Waals surface area contributed by atoms with Gasteiger partial charge in [-0.2, -0.15) is 4.98 Å². The Hall–Kier alpha value is -1.67. The van der Waals surface area contributed by atoms with Crippen molar-refractivity contribution in [1.29, 1.82) is 0 Å². The zero-order valence-electron chi connectivity index (χ0n) is 10.0. The minimum Gasteiger partial charge on any atom is -0.282 e. The number of hydrogen-bond acceptors (Lipinski definition) is 1. The number of pyridine rings is 1. The third-order valence-corrected chi connectivity index (χ3v) is 2.49. The quantitative estimate of drug-likeness (QED) is 0.699. The molecule has 0 radical (unpaired) electrons. The van der Waals surface area contributed by atoms with Gasteiger partial charge in [0, 0.05) is 11.6 Å². The van der Waals surface area contributed by atoms with Gasteiger partial charge in [-0.1, -0.05) is 36.4 Å². The van der Waals surface area contributed by atoms with Crippen molar-refractivity contribution in [3.8, 4) is 11.3 Å². The van der Waals surface area contributed by atoms with Gasteiger partial charge in [-0.25, -0.2) is 0 Å². The second-order valence-corrected chi connectivity index (χ2v) is 4.76. The molecular formula is C14H17N2+. The normalized spacial score (nSPS) is 11.4. The van der Waals surface area contributed by atoms with Crippen LogP contribution in [-0.2, 0) is 0 Å². The zero-order chi connectivity index (χ0) is 11.6. The van der Waals surface area contributed by atoms with Crippen molar-refractivity contribution in [1.82, 2.24) is 9.47 Å². The van der Waals surface area contributed by atoms with Crippen LogP contribution in [0, 0.1) is 0 Å². The van der Waals surface area contributed by atoms with Crippen molar-refractivity contribution in [2.45, 2.75) is 0 Å². The highest BCUT2D eigenvalue weighted by Crippen LogP contribution is 2.21. The fourth-order valence-electron chi connectivity index (χ4n) is 1.57. The fourth-order valence-corrected chi connectivity index (χ4v) is 1.57. The first-order valence-electron chi connectivity index (χ1n) is 5.42. The summed E-state index contributed by atoms with van der Waals surface area (Å²) in [4.78, 5) is 4.69. The molecule has 0 unspecified atom stereocenters. The highest BCUT2D eigenvalue weighted by Gasteiger charge is 2.14. The molecule has 2 aromatic rings. The minimum atomic E-state index is 0.737. The largest absolute Gasteiger partial charge is 0.282 e. The average Bonchev–Trinajstić information content (AvgIpc) is 2.29. The molecule has 2 heteroatoms. The molecule has 1 aromatic heterocycles. The molecule has 1 aromatic carbocycles. The van der Waals surface area contributed by atoms with Gasteiger partial charge in [0.25, 0.3) is 0 Å². The summed E-state index contributed by atoms with van der Waals surface area (Å²) in [5.41, 5.74) is 2.20. The lowest BCUT2D eigenvalue weighted by molar-refractivity contribution is 0.473. The van der Waals surface area contributed by atoms with Crippen molar-refractivity contribution < 1.29 is 0 Å². The van der Waals surface area contributed by atoms with Crippen molar-refractivity contribution in [2.24, 2.45) is 0 Å². The smallest absolute Gasteiger partial charge is 0.227 e. The van der Waals surface area contributed by atoms with E-state index in [1.54, 1.807) is 0 Å². The molecule has 1 heterocycles. The van der Waals surface area contributed by atoms with Gasteiger partial charge in [-0.3, -0.25) is 4.48 Å². The molecule has 0 bridgehead atoms. The van der Waals surface area contributed by atoms with Gasteiger partial charge in [-0.05, 0) is 6.07 Å². The summed E-state index contributed by atoms with van der Waals surface area (Å²) in [7, 11) is 6.37. The van der Waals surface area contributed by atoms with E-state index < -0.39 is 0 Å². The summed E-state index contributed by atoms with van der Waals surface area (Å²) in [6, 6.07) is 16.4. The summed E-state index contributed by atoms with van der Waals surface area (Å²) < 4.78 is 0.737. The van der Waals surface area contributed by atoms with Crippen molar-refractivity contribution in [3.63, 3.8) is 0 Å². The highest BCUT2D eigenvalue weighted by atomic mass is 15.3. The van der Waals surface area contributed by atoms with E-state index in [0.717, 1.165) is 21.6 Å². The molecule has 2 nitrogen and oxygen atoms in total. The van der Waals surface area contributed by atoms with E-state index in [4.69, 9.17) is 0 Å². The lowest BCUT2D eigenvalue weighted by atomic mass is 10.1. The van der Waals surface area contributed by atoms with Gasteiger partial charge in [0.05, 0.1) is 26.8 Å². The summed E-state index contributed by atoms with van der Waals surface area (Å²) >= 11 is 0. The standard InChI is InChI=1S/C14H17N2/c1-16(2,3)14-11-7-10-13(15-14)12-8-5-4-6-9-12/h4-11H,1-3H3/q+1. The Kier molecular flexibility index (Phi) is 2.75. The molecule has 0 atom stereocenters. The van der Waals surface area contributed by atoms with E-state index in [-0.39, 0.29) is 0 Å². The summed E-state index contributed by atoms with van der Waals surface area (Å²) in [6.45, 7) is 0. The molecular weight excluding hydrogens is 196 g/mol. The van der Waals surface area contributed by atoms with Crippen LogP contribution in [0.1, 0.15) is 0 Å². The molecule has 0 aliphatic heterocycles. The number of hydrogen-bond donors (Lipinski definition) is 0. The summed E-state index contributed by atoms with van der Waals surface area (Å²) in [6.07, 6.45) is 0. The van der Waals surface area contributed by atoms with E-state index in [1.807, 2.05) is 18.2 Å². The third-order valence-electron chi connectivity index (χ3n) is 2.49. The molecule has 0 saturated heterocycles. The SMILES string of the molecule is C[N+](C)(C)c1cccc(-c2ccccc2)n1. The van der Waals surface area contributed by atoms with E-state index in [0.29, 0.717) is 0 Å². The van der Waals surface area contributed by atoms with Gasteiger partial charge >= 0.3 is 0 Å². The third kappa shape index (κ3) is 2.28. The highest BCUT2D eigenvalue weighted by molar-refractivity contribution is 5.60. The Bertz CT molecular complexity index is 470. The van der Waals surface area contributed by atoms with Crippen LogP contribution in [0.2, 0.25) is 0 Å². The van der Waals surface area contributed by atoms with Crippen LogP contribution in [0.25, 0.3) is 11.3 Å². The van der Waals surface area contributed by atoms with Gasteiger partial charge in [0.15, 0.2) is 0 Å². The first-order valence-corrected chi connectivity index (χ1v) is 5.42. The zero-order valence-corrected chi connectivity index (χ0v) is 10.0. The number of quaternary nitrogens is 1. The predicted molar refractivity (Wildman–Crippen MR) is 69.2 cm³/mol. The van der Waals surface area contributed by atoms with Crippen molar-refractivity contribution in [2.75, 3.05) is 21.1 Å². The van der Waals surface area contributed by atoms with Crippen molar-refractivity contribution in [3.05, 3.63) is 48.5 Å². The summed E-state index contributed by atoms with van der Waals surface area (Å²) in [5.74, 6) is 1.07.